The molecular formula is C80H143NO10. The zero-order chi connectivity index (χ0) is 65.8. The Hall–Kier alpha value is -3.16. The summed E-state index contributed by atoms with van der Waals surface area (Å²) in [5.74, 6) is -0.200. The third-order valence-corrected chi connectivity index (χ3v) is 17.7. The molecule has 1 aliphatic rings. The number of hydrogen-bond acceptors (Lipinski definition) is 10. The Kier molecular flexibility index (Phi) is 64.4. The van der Waals surface area contributed by atoms with Crippen molar-refractivity contribution in [2.75, 3.05) is 19.8 Å². The maximum Gasteiger partial charge on any atom is 0.305 e. The van der Waals surface area contributed by atoms with Crippen molar-refractivity contribution < 1.29 is 49.3 Å². The summed E-state index contributed by atoms with van der Waals surface area (Å²) < 4.78 is 16.7. The lowest BCUT2D eigenvalue weighted by Crippen LogP contribution is -2.60. The molecule has 1 rings (SSSR count). The van der Waals surface area contributed by atoms with Gasteiger partial charge in [-0.1, -0.05) is 304 Å². The molecule has 0 aliphatic carbocycles. The Morgan fingerprint density at radius 1 is 0.407 bits per heavy atom. The zero-order valence-corrected chi connectivity index (χ0v) is 58.8. The van der Waals surface area contributed by atoms with Crippen molar-refractivity contribution in [2.45, 2.75) is 391 Å². The van der Waals surface area contributed by atoms with Gasteiger partial charge >= 0.3 is 5.97 Å². The molecule has 11 nitrogen and oxygen atoms in total. The summed E-state index contributed by atoms with van der Waals surface area (Å²) in [6.07, 6.45) is 84.5. The Morgan fingerprint density at radius 3 is 1.20 bits per heavy atom. The summed E-state index contributed by atoms with van der Waals surface area (Å²) in [6.45, 7) is 4.27. The first-order valence-electron chi connectivity index (χ1n) is 38.4. The third-order valence-electron chi connectivity index (χ3n) is 17.7. The van der Waals surface area contributed by atoms with Crippen molar-refractivity contribution in [3.63, 3.8) is 0 Å². The van der Waals surface area contributed by atoms with E-state index in [-0.39, 0.29) is 18.5 Å². The van der Waals surface area contributed by atoms with Crippen molar-refractivity contribution >= 4 is 11.9 Å². The van der Waals surface area contributed by atoms with E-state index in [1.807, 2.05) is 6.08 Å². The van der Waals surface area contributed by atoms with E-state index in [1.165, 1.54) is 238 Å². The van der Waals surface area contributed by atoms with Crippen LogP contribution in [0.3, 0.4) is 0 Å². The number of rotatable bonds is 67. The number of carbonyl (C=O) groups excluding carboxylic acids is 2. The molecule has 0 aromatic rings. The number of aliphatic hydroxyl groups excluding tert-OH is 5. The van der Waals surface area contributed by atoms with Crippen LogP contribution in [0.2, 0.25) is 0 Å². The molecule has 0 aromatic carbocycles. The van der Waals surface area contributed by atoms with E-state index < -0.39 is 49.5 Å². The van der Waals surface area contributed by atoms with Crippen LogP contribution in [0.25, 0.3) is 0 Å². The molecule has 528 valence electrons. The normalized spacial score (nSPS) is 18.1. The van der Waals surface area contributed by atoms with E-state index in [0.29, 0.717) is 19.4 Å². The van der Waals surface area contributed by atoms with E-state index in [1.54, 1.807) is 6.08 Å². The van der Waals surface area contributed by atoms with Crippen molar-refractivity contribution in [1.29, 1.82) is 0 Å². The molecular weight excluding hydrogens is 1130 g/mol. The number of unbranched alkanes of at least 4 members (excludes halogenated alkanes) is 41. The lowest BCUT2D eigenvalue weighted by atomic mass is 9.99. The SMILES string of the molecule is CCC/C=C\C/C=C\CCCCCCCC(=O)OCCCCCCCCCCCCC/C=C\C/C=C\CCCCCCCCCCCCCCCCCCCC(=O)NC(COC1OC(CO)C(O)C(O)C1O)C(O)/C=C/CC/C=C/CC/C=C/CCCCCCC. The maximum absolute atomic E-state index is 13.1. The van der Waals surface area contributed by atoms with Crippen molar-refractivity contribution in [3.8, 4) is 0 Å². The second-order valence-corrected chi connectivity index (χ2v) is 26.3. The molecule has 6 N–H and O–H groups in total. The van der Waals surface area contributed by atoms with E-state index >= 15 is 0 Å². The largest absolute Gasteiger partial charge is 0.466 e. The predicted molar refractivity (Wildman–Crippen MR) is 384 cm³/mol. The van der Waals surface area contributed by atoms with E-state index in [9.17, 15) is 35.1 Å². The number of allylic oxidation sites excluding steroid dienone is 13. The molecule has 7 unspecified atom stereocenters. The Balaban J connectivity index is 1.97. The number of ether oxygens (including phenoxy) is 3. The Morgan fingerprint density at radius 2 is 0.769 bits per heavy atom. The molecule has 1 fully saturated rings. The van der Waals surface area contributed by atoms with Gasteiger partial charge in [0.05, 0.1) is 32.0 Å². The van der Waals surface area contributed by atoms with Crippen LogP contribution < -0.4 is 5.32 Å². The van der Waals surface area contributed by atoms with Gasteiger partial charge in [0.25, 0.3) is 0 Å². The second kappa shape index (κ2) is 68.2. The standard InChI is InChI=1S/C80H143NO10/c1-3-5-7-9-11-13-15-17-39-43-46-50-54-58-62-66-73(83)72(71-90-80-79(88)78(87)77(86)74(70-82)91-80)81-75(84)67-63-59-55-51-47-44-40-37-35-33-31-29-27-25-23-21-19-18-20-22-24-26-28-30-32-34-36-38-41-45-49-53-57-61-65-69-89-76(85)68-64-60-56-52-48-42-16-14-12-10-8-6-4-2/h8,10,14-17,20,22,26,28,46,50,62,66,72-74,77-80,82-83,86-88H,3-7,9,11-13,18-19,21,23-25,27,29-45,47-49,51-61,63-65,67-71H2,1-2H3,(H,81,84)/b10-8-,16-14-,17-15+,22-20-,28-26-,50-46+,66-62+. The first kappa shape index (κ1) is 85.9. The molecule has 0 saturated carbocycles. The summed E-state index contributed by atoms with van der Waals surface area (Å²) in [6, 6.07) is -0.835. The first-order chi connectivity index (χ1) is 44.7. The number of aliphatic hydroxyl groups is 5. The monoisotopic (exact) mass is 1280 g/mol. The van der Waals surface area contributed by atoms with E-state index in [4.69, 9.17) is 14.2 Å². The number of esters is 1. The highest BCUT2D eigenvalue weighted by atomic mass is 16.7. The van der Waals surface area contributed by atoms with Crippen LogP contribution >= 0.6 is 0 Å². The molecule has 91 heavy (non-hydrogen) atoms. The van der Waals surface area contributed by atoms with Crippen LogP contribution in [0.5, 0.6) is 0 Å². The average Bonchev–Trinajstić information content (AvgIpc) is 1.72. The Bertz CT molecular complexity index is 1790. The van der Waals surface area contributed by atoms with Crippen LogP contribution in [-0.2, 0) is 23.8 Å². The lowest BCUT2D eigenvalue weighted by molar-refractivity contribution is -0.302. The van der Waals surface area contributed by atoms with Gasteiger partial charge in [-0.25, -0.2) is 0 Å². The van der Waals surface area contributed by atoms with Gasteiger partial charge in [-0.15, -0.1) is 0 Å². The minimum Gasteiger partial charge on any atom is -0.466 e. The van der Waals surface area contributed by atoms with Gasteiger partial charge < -0.3 is 45.1 Å². The van der Waals surface area contributed by atoms with Crippen LogP contribution in [0.1, 0.15) is 348 Å². The molecule has 1 amide bonds. The van der Waals surface area contributed by atoms with Crippen LogP contribution in [0.4, 0.5) is 0 Å². The van der Waals surface area contributed by atoms with Crippen molar-refractivity contribution in [1.82, 2.24) is 5.32 Å². The van der Waals surface area contributed by atoms with Gasteiger partial charge in [0.15, 0.2) is 6.29 Å². The Labute approximate surface area is 559 Å². The highest BCUT2D eigenvalue weighted by Gasteiger charge is 2.44. The topological polar surface area (TPSA) is 175 Å². The molecule has 0 radical (unpaired) electrons. The summed E-state index contributed by atoms with van der Waals surface area (Å²) in [7, 11) is 0. The third kappa shape index (κ3) is 56.9. The molecule has 1 saturated heterocycles. The molecule has 11 heteroatoms. The molecule has 1 aliphatic heterocycles. The van der Waals surface area contributed by atoms with E-state index in [2.05, 4.69) is 92.1 Å². The molecule has 0 spiro atoms. The van der Waals surface area contributed by atoms with Gasteiger partial charge in [-0.2, -0.15) is 0 Å². The van der Waals surface area contributed by atoms with Crippen LogP contribution in [0.15, 0.2) is 85.1 Å². The second-order valence-electron chi connectivity index (χ2n) is 26.3. The minimum absolute atomic E-state index is 0.00611. The summed E-state index contributed by atoms with van der Waals surface area (Å²) in [5, 5.41) is 54.6. The van der Waals surface area contributed by atoms with E-state index in [0.717, 1.165) is 83.5 Å². The smallest absolute Gasteiger partial charge is 0.305 e. The highest BCUT2D eigenvalue weighted by Crippen LogP contribution is 2.23. The van der Waals surface area contributed by atoms with Crippen LogP contribution in [0, 0.1) is 0 Å². The highest BCUT2D eigenvalue weighted by molar-refractivity contribution is 5.76. The first-order valence-corrected chi connectivity index (χ1v) is 38.4. The fourth-order valence-corrected chi connectivity index (χ4v) is 11.7. The maximum atomic E-state index is 13.1. The summed E-state index contributed by atoms with van der Waals surface area (Å²) >= 11 is 0. The fraction of sp³-hybridized carbons (Fsp3) is 0.800. The molecule has 0 aromatic heterocycles. The average molecular weight is 1280 g/mol. The lowest BCUT2D eigenvalue weighted by Gasteiger charge is -2.40. The quantitative estimate of drug-likeness (QED) is 0.0195. The van der Waals surface area contributed by atoms with Gasteiger partial charge in [0.1, 0.15) is 24.4 Å². The fourth-order valence-electron chi connectivity index (χ4n) is 11.7. The van der Waals surface area contributed by atoms with Gasteiger partial charge in [0.2, 0.25) is 5.91 Å². The molecule has 1 heterocycles. The number of hydrogen-bond donors (Lipinski definition) is 6. The van der Waals surface area contributed by atoms with Crippen LogP contribution in [-0.4, -0.2) is 100 Å². The molecule has 7 atom stereocenters. The zero-order valence-electron chi connectivity index (χ0n) is 58.8. The number of carbonyl (C=O) groups is 2. The van der Waals surface area contributed by atoms with Gasteiger partial charge in [0, 0.05) is 12.8 Å². The summed E-state index contributed by atoms with van der Waals surface area (Å²) in [5.41, 5.74) is 0. The minimum atomic E-state index is -1.58. The van der Waals surface area contributed by atoms with Crippen molar-refractivity contribution in [3.05, 3.63) is 85.1 Å². The number of nitrogens with one attached hydrogen (secondary N) is 1. The molecule has 0 bridgehead atoms. The van der Waals surface area contributed by atoms with Gasteiger partial charge in [-0.05, 0) is 116 Å². The summed E-state index contributed by atoms with van der Waals surface area (Å²) in [4.78, 5) is 25.1. The predicted octanol–water partition coefficient (Wildman–Crippen LogP) is 20.4. The van der Waals surface area contributed by atoms with Gasteiger partial charge in [-0.3, -0.25) is 9.59 Å². The van der Waals surface area contributed by atoms with Crippen molar-refractivity contribution in [2.24, 2.45) is 0 Å². The number of amides is 1.